The van der Waals surface area contributed by atoms with Crippen LogP contribution in [0.4, 0.5) is 0 Å². The van der Waals surface area contributed by atoms with E-state index in [2.05, 4.69) is 11.8 Å². The first kappa shape index (κ1) is 16.0. The highest BCUT2D eigenvalue weighted by atomic mass is 16.2. The van der Waals surface area contributed by atoms with E-state index in [1.807, 2.05) is 7.05 Å². The van der Waals surface area contributed by atoms with Crippen LogP contribution in [0.15, 0.2) is 0 Å². The lowest BCUT2D eigenvalue weighted by Gasteiger charge is -2.28. The molecule has 1 rings (SSSR count). The summed E-state index contributed by atoms with van der Waals surface area (Å²) in [6.07, 6.45) is 4.82. The molecular weight excluding hydrogens is 242 g/mol. The van der Waals surface area contributed by atoms with E-state index in [4.69, 9.17) is 5.73 Å². The second-order valence-electron chi connectivity index (χ2n) is 5.74. The molecule has 0 radical (unpaired) electrons. The van der Waals surface area contributed by atoms with Crippen molar-refractivity contribution < 1.29 is 9.59 Å². The number of hydrogen-bond donors (Lipinski definition) is 1. The van der Waals surface area contributed by atoms with Crippen LogP contribution in [0.5, 0.6) is 0 Å². The summed E-state index contributed by atoms with van der Waals surface area (Å²) >= 11 is 0. The first-order valence-electron chi connectivity index (χ1n) is 7.12. The third-order valence-corrected chi connectivity index (χ3v) is 4.49. The molecule has 3 atom stereocenters. The standard InChI is InChI=1S/C14H27N3O2/c1-5-11-6-7-12(8-11)16(3)9-13(18)17(4)10(2)14(15)19/h10-12H,5-9H2,1-4H3,(H2,15,19)/t10-,11?,12?/m0/s1. The first-order valence-corrected chi connectivity index (χ1v) is 7.12. The predicted molar refractivity (Wildman–Crippen MR) is 75.5 cm³/mol. The fraction of sp³-hybridized carbons (Fsp3) is 0.857. The van der Waals surface area contributed by atoms with Crippen LogP contribution in [-0.4, -0.2) is 54.3 Å². The normalized spacial score (nSPS) is 24.5. The second kappa shape index (κ2) is 6.89. The zero-order valence-electron chi connectivity index (χ0n) is 12.6. The van der Waals surface area contributed by atoms with Crippen LogP contribution in [0.3, 0.4) is 0 Å². The van der Waals surface area contributed by atoms with Crippen molar-refractivity contribution >= 4 is 11.8 Å². The minimum atomic E-state index is -0.548. The van der Waals surface area contributed by atoms with Gasteiger partial charge in [0.05, 0.1) is 6.54 Å². The predicted octanol–water partition coefficient (Wildman–Crippen LogP) is 0.829. The van der Waals surface area contributed by atoms with E-state index in [9.17, 15) is 9.59 Å². The van der Waals surface area contributed by atoms with Gasteiger partial charge in [-0.15, -0.1) is 0 Å². The van der Waals surface area contributed by atoms with Crippen LogP contribution in [0, 0.1) is 5.92 Å². The van der Waals surface area contributed by atoms with Gasteiger partial charge in [-0.05, 0) is 39.2 Å². The summed E-state index contributed by atoms with van der Waals surface area (Å²) < 4.78 is 0. The summed E-state index contributed by atoms with van der Waals surface area (Å²) in [7, 11) is 3.62. The zero-order chi connectivity index (χ0) is 14.6. The number of rotatable bonds is 6. The zero-order valence-corrected chi connectivity index (χ0v) is 12.6. The van der Waals surface area contributed by atoms with Crippen LogP contribution in [0.25, 0.3) is 0 Å². The average Bonchev–Trinajstić information content (AvgIpc) is 2.85. The van der Waals surface area contributed by atoms with E-state index >= 15 is 0 Å². The van der Waals surface area contributed by atoms with Gasteiger partial charge in [0.2, 0.25) is 11.8 Å². The highest BCUT2D eigenvalue weighted by Gasteiger charge is 2.28. The molecule has 1 aliphatic carbocycles. The average molecular weight is 269 g/mol. The van der Waals surface area contributed by atoms with E-state index in [1.165, 1.54) is 24.2 Å². The molecule has 0 spiro atoms. The molecule has 1 fully saturated rings. The van der Waals surface area contributed by atoms with E-state index in [-0.39, 0.29) is 5.91 Å². The molecule has 0 heterocycles. The van der Waals surface area contributed by atoms with Gasteiger partial charge in [-0.25, -0.2) is 0 Å². The Morgan fingerprint density at radius 3 is 2.42 bits per heavy atom. The molecular formula is C14H27N3O2. The fourth-order valence-electron chi connectivity index (χ4n) is 2.68. The van der Waals surface area contributed by atoms with E-state index in [0.29, 0.717) is 12.6 Å². The molecule has 2 amide bonds. The molecule has 0 aromatic rings. The Kier molecular flexibility index (Phi) is 5.79. The minimum absolute atomic E-state index is 0.0475. The summed E-state index contributed by atoms with van der Waals surface area (Å²) in [5.41, 5.74) is 5.22. The number of likely N-dealkylation sites (N-methyl/N-ethyl adjacent to an activating group) is 2. The van der Waals surface area contributed by atoms with Crippen molar-refractivity contribution in [2.24, 2.45) is 11.7 Å². The van der Waals surface area contributed by atoms with Crippen molar-refractivity contribution in [2.75, 3.05) is 20.6 Å². The van der Waals surface area contributed by atoms with Crippen LogP contribution in [-0.2, 0) is 9.59 Å². The number of carbonyl (C=O) groups excluding carboxylic acids is 2. The van der Waals surface area contributed by atoms with Crippen LogP contribution in [0.2, 0.25) is 0 Å². The monoisotopic (exact) mass is 269 g/mol. The quantitative estimate of drug-likeness (QED) is 0.776. The van der Waals surface area contributed by atoms with Gasteiger partial charge in [-0.3, -0.25) is 14.5 Å². The SMILES string of the molecule is CCC1CCC(N(C)CC(=O)N(C)[C@@H](C)C(N)=O)C1. The van der Waals surface area contributed by atoms with Crippen molar-refractivity contribution in [3.05, 3.63) is 0 Å². The summed E-state index contributed by atoms with van der Waals surface area (Å²) in [5, 5.41) is 0. The Hall–Kier alpha value is -1.10. The maximum Gasteiger partial charge on any atom is 0.239 e. The Bertz CT molecular complexity index is 333. The van der Waals surface area contributed by atoms with Gasteiger partial charge in [-0.1, -0.05) is 13.3 Å². The lowest BCUT2D eigenvalue weighted by Crippen LogP contribution is -2.48. The van der Waals surface area contributed by atoms with E-state index in [1.54, 1.807) is 14.0 Å². The molecule has 110 valence electrons. The van der Waals surface area contributed by atoms with Gasteiger partial charge in [0.25, 0.3) is 0 Å². The van der Waals surface area contributed by atoms with Gasteiger partial charge in [0.1, 0.15) is 6.04 Å². The van der Waals surface area contributed by atoms with Gasteiger partial charge in [0.15, 0.2) is 0 Å². The number of amides is 2. The third kappa shape index (κ3) is 4.20. The Morgan fingerprint density at radius 1 is 1.32 bits per heavy atom. The summed E-state index contributed by atoms with van der Waals surface area (Å²) in [6, 6.07) is -0.0564. The topological polar surface area (TPSA) is 66.6 Å². The molecule has 0 saturated heterocycles. The molecule has 2 N–H and O–H groups in total. The van der Waals surface area contributed by atoms with Crippen molar-refractivity contribution in [2.45, 2.75) is 51.6 Å². The fourth-order valence-corrected chi connectivity index (χ4v) is 2.68. The molecule has 5 heteroatoms. The number of hydrogen-bond acceptors (Lipinski definition) is 3. The van der Waals surface area contributed by atoms with Gasteiger partial charge in [0, 0.05) is 13.1 Å². The summed E-state index contributed by atoms with van der Waals surface area (Å²) in [6.45, 7) is 4.23. The van der Waals surface area contributed by atoms with Crippen molar-refractivity contribution in [3.8, 4) is 0 Å². The lowest BCUT2D eigenvalue weighted by molar-refractivity contribution is -0.138. The Morgan fingerprint density at radius 2 is 1.95 bits per heavy atom. The van der Waals surface area contributed by atoms with Gasteiger partial charge >= 0.3 is 0 Å². The molecule has 5 nitrogen and oxygen atoms in total. The molecule has 0 bridgehead atoms. The maximum absolute atomic E-state index is 12.1. The van der Waals surface area contributed by atoms with E-state index in [0.717, 1.165) is 12.3 Å². The number of nitrogens with zero attached hydrogens (tertiary/aromatic N) is 2. The largest absolute Gasteiger partial charge is 0.368 e. The smallest absolute Gasteiger partial charge is 0.239 e. The van der Waals surface area contributed by atoms with Crippen molar-refractivity contribution in [1.82, 2.24) is 9.80 Å². The van der Waals surface area contributed by atoms with Crippen molar-refractivity contribution in [3.63, 3.8) is 0 Å². The Labute approximate surface area is 116 Å². The Balaban J connectivity index is 2.46. The summed E-state index contributed by atoms with van der Waals surface area (Å²) in [4.78, 5) is 26.7. The highest BCUT2D eigenvalue weighted by Crippen LogP contribution is 2.30. The minimum Gasteiger partial charge on any atom is -0.368 e. The molecule has 1 saturated carbocycles. The van der Waals surface area contributed by atoms with Crippen LogP contribution >= 0.6 is 0 Å². The van der Waals surface area contributed by atoms with E-state index < -0.39 is 11.9 Å². The van der Waals surface area contributed by atoms with Crippen LogP contribution < -0.4 is 5.73 Å². The van der Waals surface area contributed by atoms with Crippen molar-refractivity contribution in [1.29, 1.82) is 0 Å². The lowest BCUT2D eigenvalue weighted by atomic mass is 10.1. The third-order valence-electron chi connectivity index (χ3n) is 4.49. The van der Waals surface area contributed by atoms with Gasteiger partial charge < -0.3 is 10.6 Å². The summed E-state index contributed by atoms with van der Waals surface area (Å²) in [5.74, 6) is 0.281. The molecule has 1 aliphatic rings. The number of primary amides is 1. The van der Waals surface area contributed by atoms with Crippen LogP contribution in [0.1, 0.15) is 39.5 Å². The molecule has 0 aromatic heterocycles. The highest BCUT2D eigenvalue weighted by molar-refractivity contribution is 5.86. The molecule has 2 unspecified atom stereocenters. The number of carbonyl (C=O) groups is 2. The molecule has 0 aliphatic heterocycles. The second-order valence-corrected chi connectivity index (χ2v) is 5.74. The first-order chi connectivity index (χ1) is 8.86. The number of nitrogens with two attached hydrogens (primary N) is 1. The molecule has 19 heavy (non-hydrogen) atoms. The maximum atomic E-state index is 12.1. The van der Waals surface area contributed by atoms with Gasteiger partial charge in [-0.2, -0.15) is 0 Å². The molecule has 0 aromatic carbocycles.